The zero-order valence-electron chi connectivity index (χ0n) is 6.18. The molecule has 0 aliphatic carbocycles. The number of aliphatic hydroxyl groups excluding tert-OH is 1. The van der Waals surface area contributed by atoms with Gasteiger partial charge >= 0.3 is 6.43 Å². The Morgan fingerprint density at radius 1 is 1.64 bits per heavy atom. The number of rotatable bonds is 4. The zero-order valence-corrected chi connectivity index (χ0v) is 6.18. The summed E-state index contributed by atoms with van der Waals surface area (Å²) in [5.74, 6) is -1.33. The molecular formula is C6H11F2NO2. The molecule has 0 rings (SSSR count). The van der Waals surface area contributed by atoms with E-state index in [0.717, 1.165) is 0 Å². The standard InChI is InChI=1S/C6H11F2NO2/c1-2-4(3-10)9-6(11)5(7)8/h4-5,10H,2-3H2,1H3,(H,9,11)/t4-/m1/s1. The highest BCUT2D eigenvalue weighted by molar-refractivity contribution is 5.79. The molecule has 0 bridgehead atoms. The first-order valence-corrected chi connectivity index (χ1v) is 3.31. The molecule has 5 heteroatoms. The highest BCUT2D eigenvalue weighted by Crippen LogP contribution is 1.94. The molecule has 0 aromatic rings. The summed E-state index contributed by atoms with van der Waals surface area (Å²) in [6.45, 7) is 1.38. The van der Waals surface area contributed by atoms with Gasteiger partial charge in [0.1, 0.15) is 0 Å². The van der Waals surface area contributed by atoms with Crippen LogP contribution < -0.4 is 5.32 Å². The fraction of sp³-hybridized carbons (Fsp3) is 0.833. The minimum absolute atomic E-state index is 0.311. The Morgan fingerprint density at radius 2 is 2.18 bits per heavy atom. The molecule has 0 aliphatic rings. The smallest absolute Gasteiger partial charge is 0.315 e. The fourth-order valence-corrected chi connectivity index (χ4v) is 0.541. The lowest BCUT2D eigenvalue weighted by molar-refractivity contribution is -0.132. The molecule has 0 unspecified atom stereocenters. The van der Waals surface area contributed by atoms with Crippen molar-refractivity contribution in [3.8, 4) is 0 Å². The number of amides is 1. The molecule has 0 fully saturated rings. The van der Waals surface area contributed by atoms with E-state index >= 15 is 0 Å². The minimum Gasteiger partial charge on any atom is -0.394 e. The van der Waals surface area contributed by atoms with Crippen LogP contribution in [0.2, 0.25) is 0 Å². The number of aliphatic hydroxyl groups is 1. The van der Waals surface area contributed by atoms with Crippen LogP contribution in [0.5, 0.6) is 0 Å². The van der Waals surface area contributed by atoms with E-state index in [0.29, 0.717) is 6.42 Å². The van der Waals surface area contributed by atoms with Crippen molar-refractivity contribution in [2.45, 2.75) is 25.8 Å². The van der Waals surface area contributed by atoms with Crippen LogP contribution >= 0.6 is 0 Å². The second-order valence-electron chi connectivity index (χ2n) is 2.10. The Kier molecular flexibility index (Phi) is 4.69. The molecule has 0 aliphatic heterocycles. The third-order valence-electron chi connectivity index (χ3n) is 1.26. The summed E-state index contributed by atoms with van der Waals surface area (Å²) in [5, 5.41) is 10.5. The van der Waals surface area contributed by atoms with Gasteiger partial charge in [-0.1, -0.05) is 6.92 Å². The van der Waals surface area contributed by atoms with E-state index < -0.39 is 18.4 Å². The van der Waals surface area contributed by atoms with Gasteiger partial charge in [-0.2, -0.15) is 8.78 Å². The molecule has 0 saturated carbocycles. The van der Waals surface area contributed by atoms with E-state index in [1.807, 2.05) is 5.32 Å². The lowest BCUT2D eigenvalue weighted by Crippen LogP contribution is -2.40. The quantitative estimate of drug-likeness (QED) is 0.625. The van der Waals surface area contributed by atoms with Crippen molar-refractivity contribution in [1.82, 2.24) is 5.32 Å². The van der Waals surface area contributed by atoms with Gasteiger partial charge in [0.15, 0.2) is 0 Å². The Hall–Kier alpha value is -0.710. The first-order chi connectivity index (χ1) is 5.11. The third-order valence-corrected chi connectivity index (χ3v) is 1.26. The number of carbonyl (C=O) groups is 1. The molecule has 2 N–H and O–H groups in total. The lowest BCUT2D eigenvalue weighted by Gasteiger charge is -2.12. The first kappa shape index (κ1) is 10.3. The van der Waals surface area contributed by atoms with E-state index in [1.54, 1.807) is 6.92 Å². The molecule has 0 aromatic carbocycles. The number of halogens is 2. The Bertz CT molecular complexity index is 126. The molecule has 1 atom stereocenters. The summed E-state index contributed by atoms with van der Waals surface area (Å²) < 4.78 is 23.1. The van der Waals surface area contributed by atoms with Crippen LogP contribution in [0.3, 0.4) is 0 Å². The van der Waals surface area contributed by atoms with E-state index in [1.165, 1.54) is 0 Å². The largest absolute Gasteiger partial charge is 0.394 e. The monoisotopic (exact) mass is 167 g/mol. The van der Waals surface area contributed by atoms with E-state index in [2.05, 4.69) is 0 Å². The predicted molar refractivity (Wildman–Crippen MR) is 35.3 cm³/mol. The van der Waals surface area contributed by atoms with Gasteiger partial charge in [-0.15, -0.1) is 0 Å². The Balaban J connectivity index is 3.72. The van der Waals surface area contributed by atoms with Crippen molar-refractivity contribution in [1.29, 1.82) is 0 Å². The van der Waals surface area contributed by atoms with Gasteiger partial charge in [0, 0.05) is 0 Å². The normalized spacial score (nSPS) is 13.2. The van der Waals surface area contributed by atoms with Crippen LogP contribution in [0.25, 0.3) is 0 Å². The zero-order chi connectivity index (χ0) is 8.85. The minimum atomic E-state index is -3.00. The topological polar surface area (TPSA) is 49.3 Å². The highest BCUT2D eigenvalue weighted by atomic mass is 19.3. The number of carbonyl (C=O) groups excluding carboxylic acids is 1. The molecule has 1 amide bonds. The van der Waals surface area contributed by atoms with Crippen LogP contribution in [-0.2, 0) is 4.79 Å². The molecule has 3 nitrogen and oxygen atoms in total. The van der Waals surface area contributed by atoms with Gasteiger partial charge in [-0.05, 0) is 6.42 Å². The molecule has 11 heavy (non-hydrogen) atoms. The summed E-state index contributed by atoms with van der Waals surface area (Å²) >= 11 is 0. The number of hydrogen-bond acceptors (Lipinski definition) is 2. The third kappa shape index (κ3) is 3.87. The number of hydrogen-bond donors (Lipinski definition) is 2. The maximum Gasteiger partial charge on any atom is 0.315 e. The summed E-state index contributed by atoms with van der Waals surface area (Å²) in [5.41, 5.74) is 0. The molecule has 0 aromatic heterocycles. The summed E-state index contributed by atoms with van der Waals surface area (Å²) in [7, 11) is 0. The van der Waals surface area contributed by atoms with Crippen molar-refractivity contribution >= 4 is 5.91 Å². The SMILES string of the molecule is CC[C@H](CO)NC(=O)C(F)F. The van der Waals surface area contributed by atoms with Crippen LogP contribution in [0.1, 0.15) is 13.3 Å². The maximum atomic E-state index is 11.6. The fourth-order valence-electron chi connectivity index (χ4n) is 0.541. The second-order valence-corrected chi connectivity index (χ2v) is 2.10. The second kappa shape index (κ2) is 5.01. The summed E-state index contributed by atoms with van der Waals surface area (Å²) in [6, 6.07) is -0.559. The van der Waals surface area contributed by atoms with Gasteiger partial charge in [-0.3, -0.25) is 4.79 Å². The van der Waals surface area contributed by atoms with Gasteiger partial charge in [-0.25, -0.2) is 0 Å². The van der Waals surface area contributed by atoms with E-state index in [-0.39, 0.29) is 6.61 Å². The van der Waals surface area contributed by atoms with Crippen molar-refractivity contribution < 1.29 is 18.7 Å². The number of alkyl halides is 2. The van der Waals surface area contributed by atoms with Gasteiger partial charge < -0.3 is 10.4 Å². The van der Waals surface area contributed by atoms with Crippen LogP contribution in [0.4, 0.5) is 8.78 Å². The van der Waals surface area contributed by atoms with Crippen molar-refractivity contribution in [3.05, 3.63) is 0 Å². The van der Waals surface area contributed by atoms with Gasteiger partial charge in [0.2, 0.25) is 0 Å². The molecule has 0 radical (unpaired) electrons. The first-order valence-electron chi connectivity index (χ1n) is 3.31. The lowest BCUT2D eigenvalue weighted by atomic mass is 10.2. The van der Waals surface area contributed by atoms with Gasteiger partial charge in [0.25, 0.3) is 5.91 Å². The van der Waals surface area contributed by atoms with Crippen molar-refractivity contribution in [2.24, 2.45) is 0 Å². The van der Waals surface area contributed by atoms with Crippen LogP contribution in [-0.4, -0.2) is 30.1 Å². The Labute approximate surface area is 63.4 Å². The van der Waals surface area contributed by atoms with Crippen LogP contribution in [0.15, 0.2) is 0 Å². The Morgan fingerprint density at radius 3 is 2.45 bits per heavy atom. The molecule has 0 heterocycles. The molecule has 0 spiro atoms. The molecule has 0 saturated heterocycles. The van der Waals surface area contributed by atoms with Crippen molar-refractivity contribution in [3.63, 3.8) is 0 Å². The molecule has 66 valence electrons. The van der Waals surface area contributed by atoms with Crippen molar-refractivity contribution in [2.75, 3.05) is 6.61 Å². The summed E-state index contributed by atoms with van der Waals surface area (Å²) in [4.78, 5) is 10.3. The van der Waals surface area contributed by atoms with E-state index in [9.17, 15) is 13.6 Å². The predicted octanol–water partition coefficient (Wildman–Crippen LogP) is 0.139. The highest BCUT2D eigenvalue weighted by Gasteiger charge is 2.17. The number of nitrogens with one attached hydrogen (secondary N) is 1. The average Bonchev–Trinajstić information content (AvgIpc) is 1.99. The maximum absolute atomic E-state index is 11.6. The van der Waals surface area contributed by atoms with Crippen LogP contribution in [0, 0.1) is 0 Å². The van der Waals surface area contributed by atoms with E-state index in [4.69, 9.17) is 5.11 Å². The summed E-state index contributed by atoms with van der Waals surface area (Å²) in [6.07, 6.45) is -2.56. The van der Waals surface area contributed by atoms with Gasteiger partial charge in [0.05, 0.1) is 12.6 Å². The molecular weight excluding hydrogens is 156 g/mol. The average molecular weight is 167 g/mol.